The average Bonchev–Trinajstić information content (AvgIpc) is 2.77. The summed E-state index contributed by atoms with van der Waals surface area (Å²) in [5, 5.41) is 8.88. The molecule has 1 aliphatic rings. The van der Waals surface area contributed by atoms with Crippen molar-refractivity contribution in [1.82, 2.24) is 0 Å². The molecule has 0 saturated heterocycles. The molecule has 0 bridgehead atoms. The molecule has 7 N–H and O–H groups in total. The topological polar surface area (TPSA) is 142 Å². The van der Waals surface area contributed by atoms with Crippen LogP contribution in [0.25, 0.3) is 0 Å². The number of ether oxygens (including phenoxy) is 1. The standard InChI is InChI=1S/C13H8Cl2O2.C6H13N.C3H8N2O2/c14-12-5-4-11(7-13(12)15)17-10-3-1-2-9(6-10)8-16;7-6-4-2-1-3-5-6;4-1-2(5)3(6)7/h1-8H;6H,1-5,7H2;2H,1,4-5H2,(H,6,7). The first-order valence-electron chi connectivity index (χ1n) is 9.89. The molecule has 7 nitrogen and oxygen atoms in total. The lowest BCUT2D eigenvalue weighted by Gasteiger charge is -2.15. The Kier molecular flexibility index (Phi) is 12.8. The summed E-state index contributed by atoms with van der Waals surface area (Å²) in [6.45, 7) is -0.00463. The maximum Gasteiger partial charge on any atom is 0.321 e. The number of aliphatic carboxylic acids is 1. The second kappa shape index (κ2) is 14.8. The van der Waals surface area contributed by atoms with Gasteiger partial charge in [-0.3, -0.25) is 9.59 Å². The summed E-state index contributed by atoms with van der Waals surface area (Å²) in [5.74, 6) is 0.0953. The Labute approximate surface area is 192 Å². The van der Waals surface area contributed by atoms with Crippen molar-refractivity contribution in [3.8, 4) is 11.5 Å². The van der Waals surface area contributed by atoms with Crippen molar-refractivity contribution in [2.75, 3.05) is 6.54 Å². The van der Waals surface area contributed by atoms with Gasteiger partial charge < -0.3 is 27.0 Å². The number of nitrogens with two attached hydrogens (primary N) is 3. The van der Waals surface area contributed by atoms with Crippen molar-refractivity contribution in [3.05, 3.63) is 58.1 Å². The number of aldehydes is 1. The highest BCUT2D eigenvalue weighted by Crippen LogP contribution is 2.29. The number of hydrogen-bond donors (Lipinski definition) is 4. The van der Waals surface area contributed by atoms with Crippen LogP contribution in [-0.4, -0.2) is 36.0 Å². The van der Waals surface area contributed by atoms with Crippen LogP contribution < -0.4 is 21.9 Å². The third-order valence-corrected chi connectivity index (χ3v) is 5.08. The molecule has 3 rings (SSSR count). The minimum atomic E-state index is -1.05. The van der Waals surface area contributed by atoms with Gasteiger partial charge in [-0.25, -0.2) is 0 Å². The number of rotatable bonds is 5. The van der Waals surface area contributed by atoms with Crippen molar-refractivity contribution in [2.24, 2.45) is 17.2 Å². The second-order valence-electron chi connectivity index (χ2n) is 6.95. The molecule has 0 heterocycles. The molecule has 1 aliphatic carbocycles. The molecular weight excluding hydrogens is 441 g/mol. The molecule has 170 valence electrons. The summed E-state index contributed by atoms with van der Waals surface area (Å²) in [5.41, 5.74) is 16.0. The van der Waals surface area contributed by atoms with Gasteiger partial charge in [0.1, 0.15) is 23.8 Å². The zero-order chi connectivity index (χ0) is 23.2. The van der Waals surface area contributed by atoms with Gasteiger partial charge in [-0.2, -0.15) is 0 Å². The van der Waals surface area contributed by atoms with Crippen LogP contribution in [-0.2, 0) is 4.79 Å². The lowest BCUT2D eigenvalue weighted by atomic mass is 9.97. The summed E-state index contributed by atoms with van der Waals surface area (Å²) < 4.78 is 5.55. The summed E-state index contributed by atoms with van der Waals surface area (Å²) in [7, 11) is 0. The predicted octanol–water partition coefficient (Wildman–Crippen LogP) is 4.23. The lowest BCUT2D eigenvalue weighted by molar-refractivity contribution is -0.138. The number of carbonyl (C=O) groups excluding carboxylic acids is 1. The van der Waals surface area contributed by atoms with Crippen molar-refractivity contribution in [2.45, 2.75) is 44.2 Å². The molecule has 9 heteroatoms. The molecule has 1 atom stereocenters. The number of hydrogen-bond acceptors (Lipinski definition) is 6. The minimum absolute atomic E-state index is 0.00463. The third kappa shape index (κ3) is 11.1. The van der Waals surface area contributed by atoms with Gasteiger partial charge in [0.2, 0.25) is 0 Å². The Balaban J connectivity index is 0.000000283. The van der Waals surface area contributed by atoms with Crippen LogP contribution in [0.2, 0.25) is 10.0 Å². The molecule has 1 fully saturated rings. The summed E-state index contributed by atoms with van der Waals surface area (Å²) in [6.07, 6.45) is 7.43. The van der Waals surface area contributed by atoms with E-state index >= 15 is 0 Å². The van der Waals surface area contributed by atoms with Crippen LogP contribution in [0.5, 0.6) is 11.5 Å². The van der Waals surface area contributed by atoms with Gasteiger partial charge in [-0.05, 0) is 37.1 Å². The van der Waals surface area contributed by atoms with Crippen molar-refractivity contribution in [1.29, 1.82) is 0 Å². The van der Waals surface area contributed by atoms with Crippen molar-refractivity contribution < 1.29 is 19.4 Å². The van der Waals surface area contributed by atoms with E-state index in [0.717, 1.165) is 6.29 Å². The minimum Gasteiger partial charge on any atom is -0.480 e. The SMILES string of the molecule is NC1CCCCC1.NCC(N)C(=O)O.O=Cc1cccc(Oc2ccc(Cl)c(Cl)c2)c1. The quantitative estimate of drug-likeness (QED) is 0.479. The summed E-state index contributed by atoms with van der Waals surface area (Å²) in [4.78, 5) is 20.3. The van der Waals surface area contributed by atoms with Crippen LogP contribution in [0.1, 0.15) is 42.5 Å². The lowest BCUT2D eigenvalue weighted by Crippen LogP contribution is -2.37. The van der Waals surface area contributed by atoms with E-state index in [4.69, 9.17) is 50.2 Å². The largest absolute Gasteiger partial charge is 0.480 e. The van der Waals surface area contributed by atoms with Crippen LogP contribution >= 0.6 is 23.2 Å². The highest BCUT2D eigenvalue weighted by molar-refractivity contribution is 6.42. The fourth-order valence-electron chi connectivity index (χ4n) is 2.56. The molecule has 1 unspecified atom stereocenters. The molecule has 0 spiro atoms. The van der Waals surface area contributed by atoms with Gasteiger partial charge in [-0.15, -0.1) is 0 Å². The van der Waals surface area contributed by atoms with Gasteiger partial charge in [0.15, 0.2) is 0 Å². The third-order valence-electron chi connectivity index (χ3n) is 4.34. The molecule has 2 aromatic carbocycles. The molecule has 2 aromatic rings. The molecule has 31 heavy (non-hydrogen) atoms. The number of carboxylic acids is 1. The van der Waals surface area contributed by atoms with Crippen LogP contribution in [0.4, 0.5) is 0 Å². The first kappa shape index (κ1) is 26.9. The maximum atomic E-state index is 10.6. The van der Waals surface area contributed by atoms with E-state index in [1.165, 1.54) is 32.1 Å². The molecule has 0 amide bonds. The Hall–Kier alpha value is -2.16. The van der Waals surface area contributed by atoms with E-state index < -0.39 is 12.0 Å². The van der Waals surface area contributed by atoms with E-state index in [9.17, 15) is 9.59 Å². The van der Waals surface area contributed by atoms with Crippen LogP contribution in [0.15, 0.2) is 42.5 Å². The Morgan fingerprint density at radius 3 is 2.19 bits per heavy atom. The molecular formula is C22H29Cl2N3O4. The second-order valence-corrected chi connectivity index (χ2v) is 7.76. The van der Waals surface area contributed by atoms with E-state index in [1.54, 1.807) is 42.5 Å². The Morgan fingerprint density at radius 2 is 1.74 bits per heavy atom. The van der Waals surface area contributed by atoms with Gasteiger partial charge in [0.05, 0.1) is 10.0 Å². The first-order chi connectivity index (χ1) is 14.8. The monoisotopic (exact) mass is 469 g/mol. The number of benzene rings is 2. The Morgan fingerprint density at radius 1 is 1.10 bits per heavy atom. The zero-order valence-electron chi connectivity index (χ0n) is 17.2. The number of carboxylic acid groups (broad SMARTS) is 1. The predicted molar refractivity (Wildman–Crippen MR) is 124 cm³/mol. The van der Waals surface area contributed by atoms with E-state index in [-0.39, 0.29) is 6.54 Å². The molecule has 0 aliphatic heterocycles. The fraction of sp³-hybridized carbons (Fsp3) is 0.364. The average molecular weight is 470 g/mol. The molecule has 1 saturated carbocycles. The number of halogens is 2. The first-order valence-corrected chi connectivity index (χ1v) is 10.6. The van der Waals surface area contributed by atoms with Gasteiger partial charge >= 0.3 is 5.97 Å². The Bertz CT molecular complexity index is 830. The summed E-state index contributed by atoms with van der Waals surface area (Å²) in [6, 6.07) is 11.5. The fourth-order valence-corrected chi connectivity index (χ4v) is 2.85. The molecule has 0 radical (unpaired) electrons. The van der Waals surface area contributed by atoms with E-state index in [1.807, 2.05) is 0 Å². The highest BCUT2D eigenvalue weighted by atomic mass is 35.5. The zero-order valence-corrected chi connectivity index (χ0v) is 18.7. The van der Waals surface area contributed by atoms with Gasteiger partial charge in [0, 0.05) is 24.2 Å². The van der Waals surface area contributed by atoms with Gasteiger partial charge in [0.25, 0.3) is 0 Å². The van der Waals surface area contributed by atoms with E-state index in [2.05, 4.69) is 0 Å². The van der Waals surface area contributed by atoms with E-state index in [0.29, 0.717) is 33.1 Å². The van der Waals surface area contributed by atoms with Crippen LogP contribution in [0.3, 0.4) is 0 Å². The maximum absolute atomic E-state index is 10.6. The normalized spacial score (nSPS) is 14.2. The molecule has 0 aromatic heterocycles. The summed E-state index contributed by atoms with van der Waals surface area (Å²) >= 11 is 11.7. The smallest absolute Gasteiger partial charge is 0.321 e. The van der Waals surface area contributed by atoms with Crippen molar-refractivity contribution in [3.63, 3.8) is 0 Å². The van der Waals surface area contributed by atoms with Gasteiger partial charge in [-0.1, -0.05) is 54.6 Å². The van der Waals surface area contributed by atoms with Crippen molar-refractivity contribution >= 4 is 35.5 Å². The number of carbonyl (C=O) groups is 2. The van der Waals surface area contributed by atoms with Crippen LogP contribution in [0, 0.1) is 0 Å². The highest BCUT2D eigenvalue weighted by Gasteiger charge is 2.07.